The van der Waals surface area contributed by atoms with Crippen LogP contribution in [0.5, 0.6) is 0 Å². The second kappa shape index (κ2) is 8.36. The summed E-state index contributed by atoms with van der Waals surface area (Å²) in [5.41, 5.74) is 2.94. The number of allylic oxidation sites excluding steroid dienone is 1. The number of alkyl halides is 3. The van der Waals surface area contributed by atoms with Gasteiger partial charge in [-0.2, -0.15) is 18.4 Å². The molecule has 0 unspecified atom stereocenters. The van der Waals surface area contributed by atoms with E-state index in [0.717, 1.165) is 48.3 Å². The van der Waals surface area contributed by atoms with Crippen molar-refractivity contribution in [2.24, 2.45) is 0 Å². The molecule has 0 spiro atoms. The van der Waals surface area contributed by atoms with E-state index in [4.69, 9.17) is 16.6 Å². The normalized spacial score (nSPS) is 14.3. The molecule has 0 saturated heterocycles. The summed E-state index contributed by atoms with van der Waals surface area (Å²) >= 11 is 7.69. The van der Waals surface area contributed by atoms with Crippen molar-refractivity contribution in [3.05, 3.63) is 80.9 Å². The van der Waals surface area contributed by atoms with Gasteiger partial charge < -0.3 is 0 Å². The molecule has 166 valence electrons. The first-order valence-corrected chi connectivity index (χ1v) is 11.6. The number of fused-ring (bicyclic) bond motifs is 3. The van der Waals surface area contributed by atoms with Crippen molar-refractivity contribution in [3.63, 3.8) is 0 Å². The summed E-state index contributed by atoms with van der Waals surface area (Å²) in [6.07, 6.45) is 1.25. The fourth-order valence-corrected chi connectivity index (χ4v) is 5.53. The fourth-order valence-electron chi connectivity index (χ4n) is 4.19. The molecule has 2 heterocycles. The Bertz CT molecular complexity index is 1420. The highest BCUT2D eigenvalue weighted by atomic mass is 35.5. The molecule has 8 heteroatoms. The Kier molecular flexibility index (Phi) is 5.51. The largest absolute Gasteiger partial charge is 0.416 e. The molecule has 0 saturated carbocycles. The van der Waals surface area contributed by atoms with Crippen LogP contribution >= 0.6 is 22.9 Å². The Labute approximate surface area is 197 Å². The first kappa shape index (κ1) is 21.7. The third-order valence-corrected chi connectivity index (χ3v) is 7.17. The molecule has 0 radical (unpaired) electrons. The summed E-state index contributed by atoms with van der Waals surface area (Å²) in [6.45, 7) is 0. The van der Waals surface area contributed by atoms with Crippen LogP contribution in [-0.4, -0.2) is 9.38 Å². The standard InChI is InChI=1S/C25H17ClF3N3S/c26-19-10-8-15(9-11-19)23-21(32-20-6-1-2-7-22(20)33-24(32)31-23)13-17(14-30)16-4-3-5-18(12-16)25(27,28)29/h3-5,8-13H,1-2,6-7H2. The fraction of sp³-hybridized carbons (Fsp3) is 0.200. The molecule has 3 nitrogen and oxygen atoms in total. The molecule has 2 aromatic heterocycles. The summed E-state index contributed by atoms with van der Waals surface area (Å²) in [5.74, 6) is 0. The Morgan fingerprint density at radius 3 is 2.61 bits per heavy atom. The van der Waals surface area contributed by atoms with Crippen molar-refractivity contribution in [1.29, 1.82) is 5.26 Å². The van der Waals surface area contributed by atoms with Gasteiger partial charge in [0.1, 0.15) is 0 Å². The van der Waals surface area contributed by atoms with Crippen LogP contribution in [0.3, 0.4) is 0 Å². The topological polar surface area (TPSA) is 41.1 Å². The van der Waals surface area contributed by atoms with E-state index in [1.54, 1.807) is 29.5 Å². The first-order chi connectivity index (χ1) is 15.8. The van der Waals surface area contributed by atoms with Gasteiger partial charge in [-0.05, 0) is 61.6 Å². The monoisotopic (exact) mass is 483 g/mol. The van der Waals surface area contributed by atoms with E-state index in [2.05, 4.69) is 10.5 Å². The van der Waals surface area contributed by atoms with Crippen molar-refractivity contribution < 1.29 is 13.2 Å². The van der Waals surface area contributed by atoms with Gasteiger partial charge in [0, 0.05) is 21.2 Å². The average molecular weight is 484 g/mol. The van der Waals surface area contributed by atoms with E-state index in [-0.39, 0.29) is 11.1 Å². The number of aromatic nitrogens is 2. The summed E-state index contributed by atoms with van der Waals surface area (Å²) in [4.78, 5) is 6.96. The van der Waals surface area contributed by atoms with Crippen molar-refractivity contribution in [3.8, 4) is 17.3 Å². The van der Waals surface area contributed by atoms with Gasteiger partial charge in [0.25, 0.3) is 0 Å². The van der Waals surface area contributed by atoms with Crippen molar-refractivity contribution in [2.75, 3.05) is 0 Å². The smallest absolute Gasteiger partial charge is 0.287 e. The zero-order chi connectivity index (χ0) is 23.2. The minimum absolute atomic E-state index is 0.147. The number of rotatable bonds is 3. The number of nitrogens with zero attached hydrogens (tertiary/aromatic N) is 3. The van der Waals surface area contributed by atoms with Crippen LogP contribution in [-0.2, 0) is 19.0 Å². The Hall–Kier alpha value is -3.08. The Balaban J connectivity index is 1.74. The molecule has 0 fully saturated rings. The van der Waals surface area contributed by atoms with E-state index in [1.807, 2.05) is 12.1 Å². The van der Waals surface area contributed by atoms with Gasteiger partial charge in [0.15, 0.2) is 4.96 Å². The average Bonchev–Trinajstić information content (AvgIpc) is 3.34. The molecule has 0 aliphatic heterocycles. The van der Waals surface area contributed by atoms with Crippen LogP contribution in [0.2, 0.25) is 5.02 Å². The SMILES string of the molecule is N#CC(=Cc1c(-c2ccc(Cl)cc2)nc2sc3c(n12)CCCC3)c1cccc(C(F)(F)F)c1. The maximum absolute atomic E-state index is 13.3. The molecule has 0 N–H and O–H groups in total. The van der Waals surface area contributed by atoms with Gasteiger partial charge in [0.2, 0.25) is 0 Å². The predicted octanol–water partition coefficient (Wildman–Crippen LogP) is 7.68. The van der Waals surface area contributed by atoms with Crippen LogP contribution in [0.15, 0.2) is 48.5 Å². The van der Waals surface area contributed by atoms with Gasteiger partial charge in [-0.25, -0.2) is 4.98 Å². The van der Waals surface area contributed by atoms with Gasteiger partial charge >= 0.3 is 6.18 Å². The third-order valence-electron chi connectivity index (χ3n) is 5.78. The molecule has 2 aromatic carbocycles. The predicted molar refractivity (Wildman–Crippen MR) is 125 cm³/mol. The maximum Gasteiger partial charge on any atom is 0.416 e. The molecule has 4 aromatic rings. The molecule has 1 aliphatic rings. The molecule has 0 amide bonds. The van der Waals surface area contributed by atoms with Gasteiger partial charge in [0.05, 0.1) is 28.6 Å². The summed E-state index contributed by atoms with van der Waals surface area (Å²) < 4.78 is 41.8. The number of hydrogen-bond donors (Lipinski definition) is 0. The Morgan fingerprint density at radius 2 is 1.88 bits per heavy atom. The molecule has 0 bridgehead atoms. The highest BCUT2D eigenvalue weighted by Crippen LogP contribution is 2.37. The minimum Gasteiger partial charge on any atom is -0.287 e. The number of benzene rings is 2. The molecule has 5 rings (SSSR count). The minimum atomic E-state index is -4.48. The summed E-state index contributed by atoms with van der Waals surface area (Å²) in [5, 5.41) is 10.5. The molecule has 33 heavy (non-hydrogen) atoms. The van der Waals surface area contributed by atoms with Crippen molar-refractivity contribution >= 4 is 39.5 Å². The van der Waals surface area contributed by atoms with Gasteiger partial charge in [-0.1, -0.05) is 35.9 Å². The van der Waals surface area contributed by atoms with E-state index in [9.17, 15) is 18.4 Å². The number of hydrogen-bond acceptors (Lipinski definition) is 3. The van der Waals surface area contributed by atoms with Crippen LogP contribution < -0.4 is 0 Å². The molecular formula is C25H17ClF3N3S. The maximum atomic E-state index is 13.3. The van der Waals surface area contributed by atoms with Crippen LogP contribution in [0.4, 0.5) is 13.2 Å². The number of thiazole rings is 1. The lowest BCUT2D eigenvalue weighted by Crippen LogP contribution is -2.05. The second-order valence-corrected chi connectivity index (χ2v) is 9.40. The van der Waals surface area contributed by atoms with Gasteiger partial charge in [-0.15, -0.1) is 11.3 Å². The van der Waals surface area contributed by atoms with Crippen molar-refractivity contribution in [1.82, 2.24) is 9.38 Å². The summed E-state index contributed by atoms with van der Waals surface area (Å²) in [6, 6.07) is 14.2. The van der Waals surface area contributed by atoms with E-state index >= 15 is 0 Å². The number of imidazole rings is 1. The zero-order valence-electron chi connectivity index (χ0n) is 17.3. The quantitative estimate of drug-likeness (QED) is 0.280. The van der Waals surface area contributed by atoms with Crippen LogP contribution in [0.25, 0.3) is 27.9 Å². The third kappa shape index (κ3) is 4.05. The van der Waals surface area contributed by atoms with Crippen molar-refractivity contribution in [2.45, 2.75) is 31.9 Å². The highest BCUT2D eigenvalue weighted by molar-refractivity contribution is 7.17. The van der Waals surface area contributed by atoms with E-state index in [0.29, 0.717) is 16.4 Å². The number of nitriles is 1. The lowest BCUT2D eigenvalue weighted by atomic mass is 10.0. The van der Waals surface area contributed by atoms with Crippen LogP contribution in [0.1, 0.15) is 40.2 Å². The summed E-state index contributed by atoms with van der Waals surface area (Å²) in [7, 11) is 0. The first-order valence-electron chi connectivity index (χ1n) is 10.4. The second-order valence-electron chi connectivity index (χ2n) is 7.90. The number of aryl methyl sites for hydroxylation is 2. The molecule has 0 atom stereocenters. The van der Waals surface area contributed by atoms with E-state index in [1.165, 1.54) is 22.7 Å². The van der Waals surface area contributed by atoms with Gasteiger partial charge in [-0.3, -0.25) is 4.40 Å². The van der Waals surface area contributed by atoms with E-state index < -0.39 is 11.7 Å². The molecule has 1 aliphatic carbocycles. The lowest BCUT2D eigenvalue weighted by molar-refractivity contribution is -0.137. The van der Waals surface area contributed by atoms with Crippen LogP contribution in [0, 0.1) is 11.3 Å². The Morgan fingerprint density at radius 1 is 1.12 bits per heavy atom. The number of halogens is 4. The molecular weight excluding hydrogens is 467 g/mol. The zero-order valence-corrected chi connectivity index (χ0v) is 18.9. The lowest BCUT2D eigenvalue weighted by Gasteiger charge is -2.12. The highest BCUT2D eigenvalue weighted by Gasteiger charge is 2.30.